The molecule has 1 amide bonds. The fourth-order valence-corrected chi connectivity index (χ4v) is 1.36. The number of carbonyl (C=O) groups excluding carboxylic acids is 1. The van der Waals surface area contributed by atoms with Gasteiger partial charge in [0.05, 0.1) is 0 Å². The summed E-state index contributed by atoms with van der Waals surface area (Å²) in [5, 5.41) is 13.7. The number of nitrogens with one attached hydrogen (secondary N) is 2. The van der Waals surface area contributed by atoms with Crippen LogP contribution in [-0.4, -0.2) is 36.4 Å². The molecule has 0 aliphatic carbocycles. The summed E-state index contributed by atoms with van der Waals surface area (Å²) in [6.45, 7) is 3.45. The van der Waals surface area contributed by atoms with Gasteiger partial charge in [-0.25, -0.2) is 0 Å². The number of amides is 1. The van der Waals surface area contributed by atoms with Crippen molar-refractivity contribution in [1.82, 2.24) is 10.2 Å². The molecule has 0 saturated heterocycles. The largest absolute Gasteiger partial charge is 0.385 e. The molecule has 1 rings (SSSR count). The van der Waals surface area contributed by atoms with Gasteiger partial charge in [-0.1, -0.05) is 6.92 Å². The van der Waals surface area contributed by atoms with Crippen LogP contribution in [0.15, 0.2) is 12.1 Å². The molecule has 0 saturated carbocycles. The van der Waals surface area contributed by atoms with Gasteiger partial charge in [0.1, 0.15) is 5.82 Å². The van der Waals surface area contributed by atoms with Crippen LogP contribution in [0.1, 0.15) is 26.2 Å². The van der Waals surface area contributed by atoms with E-state index >= 15 is 0 Å². The third kappa shape index (κ3) is 5.58. The number of hydrogen-bond acceptors (Lipinski definition) is 5. The Kier molecular flexibility index (Phi) is 6.71. The van der Waals surface area contributed by atoms with E-state index in [2.05, 4.69) is 20.8 Å². The average molecular weight is 252 g/mol. The monoisotopic (exact) mass is 252 g/mol. The highest BCUT2D eigenvalue weighted by molar-refractivity contribution is 5.89. The number of carbonyl (C=O) groups is 1. The van der Waals surface area contributed by atoms with E-state index in [9.17, 15) is 4.79 Å². The van der Waals surface area contributed by atoms with Crippen LogP contribution >= 0.6 is 0 Å². The SMILES string of the molecule is CCCC(=O)Nc1ccc(NCCCOC)nn1. The topological polar surface area (TPSA) is 76.1 Å². The van der Waals surface area contributed by atoms with Crippen LogP contribution in [-0.2, 0) is 9.53 Å². The third-order valence-corrected chi connectivity index (χ3v) is 2.24. The Morgan fingerprint density at radius 2 is 2.06 bits per heavy atom. The van der Waals surface area contributed by atoms with Crippen molar-refractivity contribution in [1.29, 1.82) is 0 Å². The Morgan fingerprint density at radius 3 is 2.67 bits per heavy atom. The maximum atomic E-state index is 11.3. The van der Waals surface area contributed by atoms with Gasteiger partial charge in [0.15, 0.2) is 5.82 Å². The predicted molar refractivity (Wildman–Crippen MR) is 70.6 cm³/mol. The second-order valence-corrected chi connectivity index (χ2v) is 3.88. The van der Waals surface area contributed by atoms with Crippen LogP contribution in [0.5, 0.6) is 0 Å². The smallest absolute Gasteiger partial charge is 0.225 e. The van der Waals surface area contributed by atoms with Crippen molar-refractivity contribution in [3.05, 3.63) is 12.1 Å². The highest BCUT2D eigenvalue weighted by atomic mass is 16.5. The fourth-order valence-electron chi connectivity index (χ4n) is 1.36. The lowest BCUT2D eigenvalue weighted by molar-refractivity contribution is -0.116. The second kappa shape index (κ2) is 8.41. The minimum Gasteiger partial charge on any atom is -0.385 e. The summed E-state index contributed by atoms with van der Waals surface area (Å²) >= 11 is 0. The van der Waals surface area contributed by atoms with Crippen molar-refractivity contribution in [3.63, 3.8) is 0 Å². The Hall–Kier alpha value is -1.69. The van der Waals surface area contributed by atoms with Gasteiger partial charge in [-0.05, 0) is 25.0 Å². The molecule has 0 aliphatic heterocycles. The zero-order valence-electron chi connectivity index (χ0n) is 10.9. The van der Waals surface area contributed by atoms with Gasteiger partial charge < -0.3 is 15.4 Å². The number of methoxy groups -OCH3 is 1. The molecule has 2 N–H and O–H groups in total. The van der Waals surface area contributed by atoms with Gasteiger partial charge in [-0.3, -0.25) is 4.79 Å². The summed E-state index contributed by atoms with van der Waals surface area (Å²) in [5.74, 6) is 1.14. The minimum absolute atomic E-state index is 0.0346. The van der Waals surface area contributed by atoms with Gasteiger partial charge in [0.25, 0.3) is 0 Å². The van der Waals surface area contributed by atoms with E-state index < -0.39 is 0 Å². The Balaban J connectivity index is 2.35. The van der Waals surface area contributed by atoms with Crippen LogP contribution in [0, 0.1) is 0 Å². The van der Waals surface area contributed by atoms with Gasteiger partial charge in [0.2, 0.25) is 5.91 Å². The molecule has 1 aromatic rings. The first-order chi connectivity index (χ1) is 8.76. The molecule has 18 heavy (non-hydrogen) atoms. The van der Waals surface area contributed by atoms with Crippen LogP contribution in [0.2, 0.25) is 0 Å². The van der Waals surface area contributed by atoms with Gasteiger partial charge in [-0.2, -0.15) is 0 Å². The average Bonchev–Trinajstić information content (AvgIpc) is 2.37. The molecule has 0 radical (unpaired) electrons. The highest BCUT2D eigenvalue weighted by Crippen LogP contribution is 2.06. The van der Waals surface area contributed by atoms with E-state index in [0.29, 0.717) is 24.7 Å². The van der Waals surface area contributed by atoms with Gasteiger partial charge in [0, 0.05) is 26.7 Å². The van der Waals surface area contributed by atoms with Crippen LogP contribution in [0.4, 0.5) is 11.6 Å². The van der Waals surface area contributed by atoms with Crippen LogP contribution in [0.25, 0.3) is 0 Å². The number of hydrogen-bond donors (Lipinski definition) is 2. The number of nitrogens with zero attached hydrogens (tertiary/aromatic N) is 2. The van der Waals surface area contributed by atoms with E-state index in [0.717, 1.165) is 19.4 Å². The molecule has 0 aliphatic rings. The van der Waals surface area contributed by atoms with Crippen molar-refractivity contribution in [2.75, 3.05) is 30.9 Å². The molecule has 100 valence electrons. The van der Waals surface area contributed by atoms with Crippen LogP contribution in [0.3, 0.4) is 0 Å². The summed E-state index contributed by atoms with van der Waals surface area (Å²) in [5.41, 5.74) is 0. The van der Waals surface area contributed by atoms with E-state index in [1.807, 2.05) is 6.92 Å². The molecule has 0 bridgehead atoms. The van der Waals surface area contributed by atoms with Gasteiger partial charge in [-0.15, -0.1) is 10.2 Å². The highest BCUT2D eigenvalue weighted by Gasteiger charge is 2.02. The van der Waals surface area contributed by atoms with Crippen molar-refractivity contribution in [3.8, 4) is 0 Å². The molecule has 0 atom stereocenters. The number of aromatic nitrogens is 2. The van der Waals surface area contributed by atoms with Crippen molar-refractivity contribution < 1.29 is 9.53 Å². The van der Waals surface area contributed by atoms with Crippen molar-refractivity contribution in [2.45, 2.75) is 26.2 Å². The number of anilines is 2. The standard InChI is InChI=1S/C12H20N4O2/c1-3-5-12(17)14-11-7-6-10(15-16-11)13-8-4-9-18-2/h6-7H,3-5,8-9H2,1-2H3,(H,13,15)(H,14,16,17). The molecule has 0 fully saturated rings. The van der Waals surface area contributed by atoms with E-state index in [1.54, 1.807) is 19.2 Å². The summed E-state index contributed by atoms with van der Waals surface area (Å²) in [6.07, 6.45) is 2.23. The molecule has 0 aromatic carbocycles. The maximum Gasteiger partial charge on any atom is 0.225 e. The predicted octanol–water partition coefficient (Wildman–Crippen LogP) is 1.66. The lowest BCUT2D eigenvalue weighted by atomic mass is 10.3. The first-order valence-electron chi connectivity index (χ1n) is 6.12. The first kappa shape index (κ1) is 14.4. The van der Waals surface area contributed by atoms with E-state index in [-0.39, 0.29) is 5.91 Å². The lowest BCUT2D eigenvalue weighted by Crippen LogP contribution is -2.13. The van der Waals surface area contributed by atoms with Crippen LogP contribution < -0.4 is 10.6 Å². The first-order valence-corrected chi connectivity index (χ1v) is 6.12. The normalized spacial score (nSPS) is 10.1. The summed E-state index contributed by atoms with van der Waals surface area (Å²) in [7, 11) is 1.67. The lowest BCUT2D eigenvalue weighted by Gasteiger charge is -2.06. The molecule has 0 spiro atoms. The Morgan fingerprint density at radius 1 is 1.33 bits per heavy atom. The molecule has 1 aromatic heterocycles. The third-order valence-electron chi connectivity index (χ3n) is 2.24. The zero-order chi connectivity index (χ0) is 13.2. The molecular formula is C12H20N4O2. The Labute approximate surface area is 107 Å². The Bertz CT molecular complexity index is 354. The summed E-state index contributed by atoms with van der Waals surface area (Å²) < 4.78 is 4.94. The molecule has 0 unspecified atom stereocenters. The van der Waals surface area contributed by atoms with Crippen molar-refractivity contribution in [2.24, 2.45) is 0 Å². The quantitative estimate of drug-likeness (QED) is 0.688. The molecule has 6 heteroatoms. The fraction of sp³-hybridized carbons (Fsp3) is 0.583. The maximum absolute atomic E-state index is 11.3. The number of ether oxygens (including phenoxy) is 1. The van der Waals surface area contributed by atoms with E-state index in [4.69, 9.17) is 4.74 Å². The summed E-state index contributed by atoms with van der Waals surface area (Å²) in [4.78, 5) is 11.3. The van der Waals surface area contributed by atoms with Crippen molar-refractivity contribution >= 4 is 17.5 Å². The molecule has 6 nitrogen and oxygen atoms in total. The van der Waals surface area contributed by atoms with Gasteiger partial charge >= 0.3 is 0 Å². The second-order valence-electron chi connectivity index (χ2n) is 3.88. The number of rotatable bonds is 8. The molecular weight excluding hydrogens is 232 g/mol. The summed E-state index contributed by atoms with van der Waals surface area (Å²) in [6, 6.07) is 3.53. The minimum atomic E-state index is -0.0346. The zero-order valence-corrected chi connectivity index (χ0v) is 10.9. The molecule has 1 heterocycles. The van der Waals surface area contributed by atoms with E-state index in [1.165, 1.54) is 0 Å².